The Balaban J connectivity index is 1.20. The van der Waals surface area contributed by atoms with Crippen LogP contribution in [-0.2, 0) is 61.6 Å². The number of rotatable bonds is 13. The Morgan fingerprint density at radius 2 is 0.541 bits per heavy atom. The Hall–Kier alpha value is -1.24. The summed E-state index contributed by atoms with van der Waals surface area (Å²) in [4.78, 5) is 1.98. The van der Waals surface area contributed by atoms with Crippen LogP contribution in [0.25, 0.3) is 0 Å². The molecule has 0 aromatic carbocycles. The second-order valence-electron chi connectivity index (χ2n) is 19.6. The third kappa shape index (κ3) is 12.8. The summed E-state index contributed by atoms with van der Waals surface area (Å²) >= 11 is 0. The number of aliphatic hydroxyl groups is 17. The Bertz CT molecular complexity index is 1670. The van der Waals surface area contributed by atoms with Crippen molar-refractivity contribution in [3.05, 3.63) is 0 Å². The van der Waals surface area contributed by atoms with Crippen LogP contribution in [0, 0.1) is 0 Å². The van der Waals surface area contributed by atoms with E-state index in [9.17, 15) is 86.8 Å². The van der Waals surface area contributed by atoms with Gasteiger partial charge in [0.2, 0.25) is 0 Å². The molecule has 0 aromatic rings. The molecule has 22 fully saturated rings. The average Bonchev–Trinajstić information content (AvgIpc) is 3.38. The number of aliphatic hydroxyl groups excluding tert-OH is 17. The molecule has 0 aliphatic carbocycles. The molecule has 0 unspecified atom stereocenters. The van der Waals surface area contributed by atoms with Gasteiger partial charge in [-0.25, -0.2) is 0 Å². The topological polar surface area (TPSA) is 467 Å². The van der Waals surface area contributed by atoms with Gasteiger partial charge >= 0.3 is 0 Å². The van der Waals surface area contributed by atoms with E-state index < -0.39 is 224 Å². The van der Waals surface area contributed by atoms with Crippen molar-refractivity contribution >= 4 is 0 Å². The maximum absolute atomic E-state index is 11.9. The summed E-state index contributed by atoms with van der Waals surface area (Å²) < 4.78 is 76.0. The first-order chi connectivity index (χ1) is 35.3. The van der Waals surface area contributed by atoms with Crippen LogP contribution in [0.1, 0.15) is 19.3 Å². The van der Waals surface area contributed by atoms with Gasteiger partial charge in [-0.2, -0.15) is 0 Å². The van der Waals surface area contributed by atoms with Crippen molar-refractivity contribution in [2.24, 2.45) is 0 Å². The standard InChI is InChI=1S/C43H75NO30/c1-44(2)6-4-3-5-7-62-37-30(61)43-68-19(13-50)36(37)74-42-29(60)24(55)34(17(11-48)67-42)72-40-27(58)22(53)32(15(9-46)65-40)70-38-25(56)20(51)31(14(8-45)63-38)69-39-26(57)21(52)33(16(10-47)64-39)71-41-28(59)23(54)35(73-43)18(12-49)66-41/h14-43,45-61H,3-13H2,1-2H3/t14-,15-,16-,17-,18-,19-,20-,21-,22-,23-,24-,25-,26-,27-,28-,29-,30-,31-,32-,33-,34-,35-,36+,37-,38-,39-,40-,41-,42-,43-/m1/s1. The highest BCUT2D eigenvalue weighted by molar-refractivity contribution is 5.01. The van der Waals surface area contributed by atoms with Gasteiger partial charge in [-0.1, -0.05) is 0 Å². The van der Waals surface area contributed by atoms with E-state index in [2.05, 4.69) is 0 Å². The van der Waals surface area contributed by atoms with Crippen LogP contribution in [-0.4, -0.2) is 343 Å². The molecule has 22 heterocycles. The summed E-state index contributed by atoms with van der Waals surface area (Å²) in [5, 5.41) is 188. The van der Waals surface area contributed by atoms with E-state index >= 15 is 0 Å². The minimum atomic E-state index is -2.14. The lowest BCUT2D eigenvalue weighted by Gasteiger charge is -2.51. The third-order valence-electron chi connectivity index (χ3n) is 14.2. The fourth-order valence-electron chi connectivity index (χ4n) is 10.0. The minimum absolute atomic E-state index is 0.0403. The van der Waals surface area contributed by atoms with Crippen LogP contribution in [0.4, 0.5) is 0 Å². The van der Waals surface area contributed by atoms with Gasteiger partial charge in [-0.05, 0) is 39.9 Å². The van der Waals surface area contributed by atoms with E-state index in [1.807, 2.05) is 19.0 Å². The molecule has 0 spiro atoms. The summed E-state index contributed by atoms with van der Waals surface area (Å²) in [5.74, 6) is 0. The molecule has 22 aliphatic heterocycles. The lowest BCUT2D eigenvalue weighted by molar-refractivity contribution is -0.404. The van der Waals surface area contributed by atoms with Crippen molar-refractivity contribution in [3.8, 4) is 0 Å². The molecule has 31 heteroatoms. The number of ether oxygens (including phenoxy) is 13. The number of hydrogen-bond donors (Lipinski definition) is 17. The molecular formula is C43H75NO30. The van der Waals surface area contributed by atoms with Crippen molar-refractivity contribution < 1.29 is 148 Å². The van der Waals surface area contributed by atoms with E-state index in [1.165, 1.54) is 0 Å². The highest BCUT2D eigenvalue weighted by atomic mass is 16.8. The molecule has 0 radical (unpaired) electrons. The quantitative estimate of drug-likeness (QED) is 0.0762. The van der Waals surface area contributed by atoms with E-state index in [0.29, 0.717) is 12.8 Å². The van der Waals surface area contributed by atoms with Crippen molar-refractivity contribution in [2.45, 2.75) is 203 Å². The summed E-state index contributed by atoms with van der Waals surface area (Å²) in [7, 11) is 3.79. The average molecular weight is 1090 g/mol. The zero-order valence-corrected chi connectivity index (χ0v) is 40.5. The van der Waals surface area contributed by atoms with Crippen molar-refractivity contribution in [1.29, 1.82) is 0 Å². The van der Waals surface area contributed by atoms with Crippen LogP contribution in [0.3, 0.4) is 0 Å². The largest absolute Gasteiger partial charge is 0.394 e. The van der Waals surface area contributed by atoms with Crippen LogP contribution in [0.2, 0.25) is 0 Å². The Labute approximate surface area is 423 Å². The number of unbranched alkanes of at least 4 members (excludes halogenated alkanes) is 2. The van der Waals surface area contributed by atoms with Crippen molar-refractivity contribution in [1.82, 2.24) is 4.90 Å². The highest BCUT2D eigenvalue weighted by Gasteiger charge is 2.59. The SMILES string of the molecule is CN(C)CCCCCO[C@@H]1[C@@H](O)[C@H]2O[C@H]3[C@H](O)[C@@H](O)[C@@H](O[C@H]4[C@H](O)[C@@H](O)[C@@H](O[C@H]5[C@H](O)[C@@H](O)[C@@H](O[C@H]6[C@H](O)[C@@H](O)[C@@H](O[C@H]7[C@H](O)[C@@H](O)[C@@H](O[C@H]1[C@@H](CO)O2)O[C@@H]7CO)O[C@@H]6CO)O[C@@H]5CO)O[C@@H]4CO)O[C@@H]3CO. The molecule has 22 aliphatic rings. The normalized spacial score (nSPS) is 50.8. The van der Waals surface area contributed by atoms with E-state index in [1.54, 1.807) is 0 Å². The van der Waals surface area contributed by atoms with Crippen LogP contribution >= 0.6 is 0 Å². The van der Waals surface area contributed by atoms with Crippen molar-refractivity contribution in [3.63, 3.8) is 0 Å². The molecule has 22 rings (SSSR count). The lowest BCUT2D eigenvalue weighted by Crippen LogP contribution is -2.69. The third-order valence-corrected chi connectivity index (χ3v) is 14.2. The zero-order chi connectivity index (χ0) is 53.9. The molecule has 30 atom stereocenters. The summed E-state index contributed by atoms with van der Waals surface area (Å²) in [5.41, 5.74) is 0. The first kappa shape index (κ1) is 60.4. The van der Waals surface area contributed by atoms with E-state index in [-0.39, 0.29) is 6.61 Å². The molecule has 432 valence electrons. The van der Waals surface area contributed by atoms with Crippen LogP contribution in [0.5, 0.6) is 0 Å². The zero-order valence-electron chi connectivity index (χ0n) is 40.5. The second-order valence-corrected chi connectivity index (χ2v) is 19.6. The predicted octanol–water partition coefficient (Wildman–Crippen LogP) is -11.3. The molecule has 31 nitrogen and oxygen atoms in total. The van der Waals surface area contributed by atoms with Gasteiger partial charge in [0.25, 0.3) is 0 Å². The maximum atomic E-state index is 11.9. The fourth-order valence-corrected chi connectivity index (χ4v) is 10.0. The lowest BCUT2D eigenvalue weighted by atomic mass is 9.94. The molecular weight excluding hydrogens is 1010 g/mol. The number of hydrogen-bond acceptors (Lipinski definition) is 31. The Morgan fingerprint density at radius 1 is 0.297 bits per heavy atom. The van der Waals surface area contributed by atoms with Gasteiger partial charge in [-0.3, -0.25) is 0 Å². The van der Waals surface area contributed by atoms with Crippen LogP contribution in [0.15, 0.2) is 0 Å². The first-order valence-electron chi connectivity index (χ1n) is 24.6. The summed E-state index contributed by atoms with van der Waals surface area (Å²) in [6.07, 6.45) is -54.9. The van der Waals surface area contributed by atoms with Gasteiger partial charge in [0.15, 0.2) is 37.7 Å². The molecule has 74 heavy (non-hydrogen) atoms. The predicted molar refractivity (Wildman–Crippen MR) is 232 cm³/mol. The molecule has 0 saturated carbocycles. The molecule has 22 saturated heterocycles. The van der Waals surface area contributed by atoms with E-state index in [4.69, 9.17) is 61.6 Å². The monoisotopic (exact) mass is 1090 g/mol. The maximum Gasteiger partial charge on any atom is 0.187 e. The van der Waals surface area contributed by atoms with E-state index in [0.717, 1.165) is 13.0 Å². The minimum Gasteiger partial charge on any atom is -0.394 e. The van der Waals surface area contributed by atoms with Gasteiger partial charge < -0.3 is 153 Å². The van der Waals surface area contributed by atoms with Gasteiger partial charge in [0.1, 0.15) is 146 Å². The molecule has 0 amide bonds. The first-order valence-corrected chi connectivity index (χ1v) is 24.6. The smallest absolute Gasteiger partial charge is 0.187 e. The van der Waals surface area contributed by atoms with Crippen LogP contribution < -0.4 is 0 Å². The highest BCUT2D eigenvalue weighted by Crippen LogP contribution is 2.38. The van der Waals surface area contributed by atoms with Crippen molar-refractivity contribution in [2.75, 3.05) is 66.9 Å². The summed E-state index contributed by atoms with van der Waals surface area (Å²) in [6, 6.07) is 0. The second kappa shape index (κ2) is 26.8. The fraction of sp³-hybridized carbons (Fsp3) is 1.00. The van der Waals surface area contributed by atoms with Gasteiger partial charge in [0.05, 0.1) is 39.6 Å². The Kier molecular flexibility index (Phi) is 21.9. The number of nitrogens with zero attached hydrogens (tertiary/aromatic N) is 1. The Morgan fingerprint density at radius 3 is 0.797 bits per heavy atom. The molecule has 0 aromatic heterocycles. The molecule has 17 N–H and O–H groups in total. The molecule has 12 bridgehead atoms. The summed E-state index contributed by atoms with van der Waals surface area (Å²) in [6.45, 7) is -5.11. The van der Waals surface area contributed by atoms with Gasteiger partial charge in [-0.15, -0.1) is 0 Å². The van der Waals surface area contributed by atoms with Gasteiger partial charge in [0, 0.05) is 6.61 Å².